The maximum Gasteiger partial charge on any atom is 0.317 e. The Morgan fingerprint density at radius 3 is 2.67 bits per heavy atom. The van der Waals surface area contributed by atoms with Gasteiger partial charge in [-0.25, -0.2) is 4.79 Å². The highest BCUT2D eigenvalue weighted by Gasteiger charge is 2.40. The van der Waals surface area contributed by atoms with Gasteiger partial charge < -0.3 is 20.1 Å². The fourth-order valence-electron chi connectivity index (χ4n) is 4.51. The Labute approximate surface area is 162 Å². The molecule has 2 heterocycles. The number of hydrogen-bond donors (Lipinski definition) is 2. The van der Waals surface area contributed by atoms with E-state index in [0.29, 0.717) is 19.8 Å². The topological polar surface area (TPSA) is 65.0 Å². The number of carbonyl (C=O) groups excluding carboxylic acids is 1. The van der Waals surface area contributed by atoms with Crippen molar-refractivity contribution in [3.63, 3.8) is 0 Å². The molecule has 6 nitrogen and oxygen atoms in total. The summed E-state index contributed by atoms with van der Waals surface area (Å²) in [6.07, 6.45) is 4.70. The molecule has 0 aliphatic carbocycles. The zero-order valence-electron chi connectivity index (χ0n) is 16.2. The molecule has 27 heavy (non-hydrogen) atoms. The second-order valence-corrected chi connectivity index (χ2v) is 7.89. The maximum atomic E-state index is 12.5. The molecular weight excluding hydrogens is 342 g/mol. The van der Waals surface area contributed by atoms with E-state index >= 15 is 0 Å². The number of nitrogens with zero attached hydrogens (tertiary/aromatic N) is 2. The van der Waals surface area contributed by atoms with Crippen molar-refractivity contribution in [2.75, 3.05) is 52.5 Å². The van der Waals surface area contributed by atoms with Crippen LogP contribution >= 0.6 is 0 Å². The van der Waals surface area contributed by atoms with Crippen LogP contribution < -0.4 is 5.32 Å². The number of likely N-dealkylation sites (tertiary alicyclic amines) is 2. The summed E-state index contributed by atoms with van der Waals surface area (Å²) >= 11 is 0. The molecule has 0 saturated carbocycles. The number of urea groups is 1. The van der Waals surface area contributed by atoms with E-state index in [0.717, 1.165) is 39.1 Å². The van der Waals surface area contributed by atoms with Crippen molar-refractivity contribution in [1.82, 2.24) is 15.1 Å². The summed E-state index contributed by atoms with van der Waals surface area (Å²) in [6.45, 7) is 6.17. The molecule has 2 saturated heterocycles. The first-order chi connectivity index (χ1) is 13.2. The van der Waals surface area contributed by atoms with Crippen LogP contribution in [0.1, 0.15) is 31.2 Å². The Morgan fingerprint density at radius 1 is 1.11 bits per heavy atom. The summed E-state index contributed by atoms with van der Waals surface area (Å²) in [5.74, 6) is 0. The molecule has 2 N–H and O–H groups in total. The Kier molecular flexibility index (Phi) is 7.50. The molecule has 1 atom stereocenters. The Morgan fingerprint density at radius 2 is 1.89 bits per heavy atom. The van der Waals surface area contributed by atoms with Crippen molar-refractivity contribution in [2.24, 2.45) is 5.41 Å². The van der Waals surface area contributed by atoms with Crippen molar-refractivity contribution < 1.29 is 14.6 Å². The van der Waals surface area contributed by atoms with Crippen LogP contribution in [0.25, 0.3) is 0 Å². The number of hydrogen-bond acceptors (Lipinski definition) is 4. The van der Waals surface area contributed by atoms with Gasteiger partial charge in [0.15, 0.2) is 0 Å². The molecule has 2 aliphatic rings. The lowest BCUT2D eigenvalue weighted by atomic mass is 9.73. The molecule has 3 rings (SSSR count). The van der Waals surface area contributed by atoms with Gasteiger partial charge in [-0.1, -0.05) is 30.3 Å². The quantitative estimate of drug-likeness (QED) is 0.716. The summed E-state index contributed by atoms with van der Waals surface area (Å²) in [7, 11) is 0. The molecule has 150 valence electrons. The highest BCUT2D eigenvalue weighted by atomic mass is 16.5. The van der Waals surface area contributed by atoms with Crippen LogP contribution in [0.2, 0.25) is 0 Å². The van der Waals surface area contributed by atoms with E-state index in [1.165, 1.54) is 24.8 Å². The number of benzene rings is 1. The van der Waals surface area contributed by atoms with Crippen LogP contribution in [-0.2, 0) is 11.3 Å². The molecule has 0 radical (unpaired) electrons. The summed E-state index contributed by atoms with van der Waals surface area (Å²) in [4.78, 5) is 17.1. The van der Waals surface area contributed by atoms with Gasteiger partial charge in [-0.15, -0.1) is 0 Å². The fourth-order valence-corrected chi connectivity index (χ4v) is 4.51. The number of aliphatic hydroxyl groups excluding tert-OH is 1. The third-order valence-electron chi connectivity index (χ3n) is 5.70. The van der Waals surface area contributed by atoms with Crippen molar-refractivity contribution in [3.8, 4) is 0 Å². The van der Waals surface area contributed by atoms with Gasteiger partial charge in [0, 0.05) is 38.1 Å². The van der Waals surface area contributed by atoms with Crippen molar-refractivity contribution in [2.45, 2.75) is 32.2 Å². The van der Waals surface area contributed by atoms with Gasteiger partial charge in [0.05, 0.1) is 19.8 Å². The predicted octanol–water partition coefficient (Wildman–Crippen LogP) is 2.08. The van der Waals surface area contributed by atoms with Crippen LogP contribution in [0.5, 0.6) is 0 Å². The zero-order valence-corrected chi connectivity index (χ0v) is 16.2. The van der Waals surface area contributed by atoms with Gasteiger partial charge in [0.25, 0.3) is 0 Å². The van der Waals surface area contributed by atoms with E-state index in [2.05, 4.69) is 40.5 Å². The predicted molar refractivity (Wildman–Crippen MR) is 105 cm³/mol. The molecule has 1 aromatic carbocycles. The molecule has 1 aromatic rings. The van der Waals surface area contributed by atoms with Crippen LogP contribution in [0, 0.1) is 5.41 Å². The Bertz CT molecular complexity index is 579. The number of carbonyl (C=O) groups is 1. The Hall–Kier alpha value is -1.63. The monoisotopic (exact) mass is 375 g/mol. The summed E-state index contributed by atoms with van der Waals surface area (Å²) in [5.41, 5.74) is 1.60. The Balaban J connectivity index is 1.50. The minimum absolute atomic E-state index is 0.0156. The first-order valence-corrected chi connectivity index (χ1v) is 10.2. The highest BCUT2D eigenvalue weighted by Crippen LogP contribution is 2.38. The third-order valence-corrected chi connectivity index (χ3v) is 5.70. The molecule has 2 amide bonds. The van der Waals surface area contributed by atoms with Gasteiger partial charge in [-0.3, -0.25) is 4.90 Å². The standard InChI is InChI=1S/C21H33N3O3/c25-13-15-27-14-10-22-20(26)24-12-5-9-21(18-24)8-4-11-23(17-21)16-19-6-2-1-3-7-19/h1-3,6-7,25H,4-5,8-18H2,(H,22,26)/t21-/m0/s1. The SMILES string of the molecule is O=C(NCCOCCO)N1CCC[C@]2(CCCN(Cc3ccccc3)C2)C1. The van der Waals surface area contributed by atoms with E-state index in [9.17, 15) is 4.79 Å². The molecule has 1 spiro atoms. The number of amides is 2. The third kappa shape index (κ3) is 5.92. The molecule has 0 unspecified atom stereocenters. The highest BCUT2D eigenvalue weighted by molar-refractivity contribution is 5.74. The minimum atomic E-state index is 0.0156. The van der Waals surface area contributed by atoms with Crippen LogP contribution in [0.4, 0.5) is 4.79 Å². The van der Waals surface area contributed by atoms with E-state index in [-0.39, 0.29) is 18.1 Å². The largest absolute Gasteiger partial charge is 0.394 e. The number of ether oxygens (including phenoxy) is 1. The molecular formula is C21H33N3O3. The van der Waals surface area contributed by atoms with E-state index in [1.807, 2.05) is 4.90 Å². The van der Waals surface area contributed by atoms with E-state index < -0.39 is 0 Å². The molecule has 2 fully saturated rings. The van der Waals surface area contributed by atoms with Crippen molar-refractivity contribution in [1.29, 1.82) is 0 Å². The second kappa shape index (κ2) is 10.1. The molecule has 0 bridgehead atoms. The van der Waals surface area contributed by atoms with E-state index in [4.69, 9.17) is 9.84 Å². The number of piperidine rings is 2. The first-order valence-electron chi connectivity index (χ1n) is 10.2. The van der Waals surface area contributed by atoms with Gasteiger partial charge in [0.2, 0.25) is 0 Å². The van der Waals surface area contributed by atoms with Crippen LogP contribution in [0.15, 0.2) is 30.3 Å². The van der Waals surface area contributed by atoms with Crippen molar-refractivity contribution in [3.05, 3.63) is 35.9 Å². The van der Waals surface area contributed by atoms with Crippen LogP contribution in [-0.4, -0.2) is 73.5 Å². The van der Waals surface area contributed by atoms with Gasteiger partial charge >= 0.3 is 6.03 Å². The van der Waals surface area contributed by atoms with E-state index in [1.54, 1.807) is 0 Å². The van der Waals surface area contributed by atoms with Gasteiger partial charge in [0.1, 0.15) is 0 Å². The minimum Gasteiger partial charge on any atom is -0.394 e. The first kappa shape index (κ1) is 20.1. The molecule has 0 aromatic heterocycles. The second-order valence-electron chi connectivity index (χ2n) is 7.89. The maximum absolute atomic E-state index is 12.5. The lowest BCUT2D eigenvalue weighted by Gasteiger charge is -2.48. The fraction of sp³-hybridized carbons (Fsp3) is 0.667. The number of rotatable bonds is 7. The number of nitrogens with one attached hydrogen (secondary N) is 1. The summed E-state index contributed by atoms with van der Waals surface area (Å²) in [6, 6.07) is 10.7. The lowest BCUT2D eigenvalue weighted by Crippen LogP contribution is -2.55. The average molecular weight is 376 g/mol. The van der Waals surface area contributed by atoms with Crippen LogP contribution in [0.3, 0.4) is 0 Å². The van der Waals surface area contributed by atoms with Gasteiger partial charge in [-0.05, 0) is 37.8 Å². The van der Waals surface area contributed by atoms with Crippen molar-refractivity contribution >= 4 is 6.03 Å². The molecule has 2 aliphatic heterocycles. The summed E-state index contributed by atoms with van der Waals surface area (Å²) in [5, 5.41) is 11.7. The normalized spacial score (nSPS) is 23.5. The lowest BCUT2D eigenvalue weighted by molar-refractivity contribution is 0.0229. The molecule has 6 heteroatoms. The zero-order chi connectivity index (χ0) is 19.0. The summed E-state index contributed by atoms with van der Waals surface area (Å²) < 4.78 is 5.21. The average Bonchev–Trinajstić information content (AvgIpc) is 2.68. The number of aliphatic hydroxyl groups is 1. The smallest absolute Gasteiger partial charge is 0.317 e. The van der Waals surface area contributed by atoms with Gasteiger partial charge in [-0.2, -0.15) is 0 Å².